The molecule has 4 aromatic rings. The fraction of sp³-hybridized carbons (Fsp3) is 0.185. The van der Waals surface area contributed by atoms with Crippen molar-refractivity contribution in [2.75, 3.05) is 11.4 Å². The highest BCUT2D eigenvalue weighted by molar-refractivity contribution is 6.30. The Morgan fingerprint density at radius 1 is 0.935 bits per heavy atom. The van der Waals surface area contributed by atoms with Crippen molar-refractivity contribution >= 4 is 28.1 Å². The van der Waals surface area contributed by atoms with Gasteiger partial charge in [-0.2, -0.15) is 0 Å². The van der Waals surface area contributed by atoms with E-state index in [0.29, 0.717) is 0 Å². The molecule has 0 aliphatic carbocycles. The van der Waals surface area contributed by atoms with Gasteiger partial charge in [-0.3, -0.25) is 0 Å². The molecule has 2 atom stereocenters. The molecule has 1 aliphatic heterocycles. The zero-order valence-electron chi connectivity index (χ0n) is 17.4. The molecule has 31 heavy (non-hydrogen) atoms. The van der Waals surface area contributed by atoms with Gasteiger partial charge in [0.2, 0.25) is 0 Å². The minimum absolute atomic E-state index is 0.00547. The molecular formula is C27H25ClN2O. The van der Waals surface area contributed by atoms with E-state index in [4.69, 9.17) is 11.6 Å². The summed E-state index contributed by atoms with van der Waals surface area (Å²) in [5.74, 6) is 0.273. The molecule has 3 nitrogen and oxygen atoms in total. The fourth-order valence-corrected chi connectivity index (χ4v) is 4.73. The van der Waals surface area contributed by atoms with Crippen LogP contribution >= 0.6 is 11.6 Å². The maximum atomic E-state index is 9.73. The molecule has 2 unspecified atom stereocenters. The van der Waals surface area contributed by atoms with Gasteiger partial charge in [-0.1, -0.05) is 60.1 Å². The molecule has 4 aromatic carbocycles. The van der Waals surface area contributed by atoms with Crippen molar-refractivity contribution in [2.24, 2.45) is 0 Å². The third kappa shape index (κ3) is 4.12. The second-order valence-electron chi connectivity index (χ2n) is 8.36. The van der Waals surface area contributed by atoms with E-state index in [1.807, 2.05) is 18.2 Å². The van der Waals surface area contributed by atoms with Gasteiger partial charge in [-0.05, 0) is 70.8 Å². The van der Waals surface area contributed by atoms with E-state index in [1.54, 1.807) is 12.1 Å². The van der Waals surface area contributed by atoms with E-state index in [2.05, 4.69) is 71.7 Å². The summed E-state index contributed by atoms with van der Waals surface area (Å²) in [4.78, 5) is 2.44. The summed E-state index contributed by atoms with van der Waals surface area (Å²) < 4.78 is 0. The SMILES string of the molecule is CC1CN(Cc2ccc3ccccc3c2)c2ccc(Cl)cc2C(c2ccc(O)cc2)N1. The summed E-state index contributed by atoms with van der Waals surface area (Å²) in [6.07, 6.45) is 0. The summed E-state index contributed by atoms with van der Waals surface area (Å²) in [7, 11) is 0. The maximum Gasteiger partial charge on any atom is 0.115 e. The normalized spacial score (nSPS) is 18.6. The Kier molecular flexibility index (Phi) is 5.31. The minimum Gasteiger partial charge on any atom is -0.508 e. The van der Waals surface area contributed by atoms with E-state index in [-0.39, 0.29) is 17.8 Å². The fourth-order valence-electron chi connectivity index (χ4n) is 4.55. The number of halogens is 1. The van der Waals surface area contributed by atoms with E-state index in [1.165, 1.54) is 22.0 Å². The number of hydrogen-bond donors (Lipinski definition) is 2. The number of rotatable bonds is 3. The van der Waals surface area contributed by atoms with Crippen molar-refractivity contribution in [3.63, 3.8) is 0 Å². The van der Waals surface area contributed by atoms with Crippen LogP contribution in [-0.2, 0) is 6.54 Å². The molecule has 0 saturated carbocycles. The van der Waals surface area contributed by atoms with Gasteiger partial charge in [0.1, 0.15) is 5.75 Å². The highest BCUT2D eigenvalue weighted by atomic mass is 35.5. The average Bonchev–Trinajstić information content (AvgIpc) is 2.90. The van der Waals surface area contributed by atoms with Gasteiger partial charge in [0.15, 0.2) is 0 Å². The Balaban J connectivity index is 1.55. The Morgan fingerprint density at radius 3 is 2.52 bits per heavy atom. The van der Waals surface area contributed by atoms with Crippen molar-refractivity contribution in [1.29, 1.82) is 0 Å². The third-order valence-electron chi connectivity index (χ3n) is 6.00. The summed E-state index contributed by atoms with van der Waals surface area (Å²) in [6.45, 7) is 3.93. The molecule has 0 aromatic heterocycles. The lowest BCUT2D eigenvalue weighted by Gasteiger charge is -2.27. The van der Waals surface area contributed by atoms with Crippen molar-refractivity contribution in [2.45, 2.75) is 25.6 Å². The van der Waals surface area contributed by atoms with Crippen LogP contribution in [0, 0.1) is 0 Å². The monoisotopic (exact) mass is 428 g/mol. The van der Waals surface area contributed by atoms with E-state index >= 15 is 0 Å². The van der Waals surface area contributed by atoms with Crippen molar-refractivity contribution in [1.82, 2.24) is 5.32 Å². The van der Waals surface area contributed by atoms with Crippen molar-refractivity contribution in [3.8, 4) is 5.75 Å². The standard InChI is InChI=1S/C27H25ClN2O/c1-18-16-30(17-19-6-7-20-4-2-3-5-22(20)14-19)26-13-10-23(28)15-25(26)27(29-18)21-8-11-24(31)12-9-21/h2-15,18,27,29,31H,16-17H2,1H3. The number of hydrogen-bond acceptors (Lipinski definition) is 3. The van der Waals surface area contributed by atoms with Crippen LogP contribution in [-0.4, -0.2) is 17.7 Å². The molecule has 0 radical (unpaired) electrons. The molecular weight excluding hydrogens is 404 g/mol. The molecule has 2 N–H and O–H groups in total. The first-order valence-electron chi connectivity index (χ1n) is 10.6. The third-order valence-corrected chi connectivity index (χ3v) is 6.24. The number of phenolic OH excluding ortho intramolecular Hbond substituents is 1. The number of anilines is 1. The van der Waals surface area contributed by atoms with Gasteiger partial charge in [-0.25, -0.2) is 0 Å². The molecule has 1 aliphatic rings. The number of aromatic hydroxyl groups is 1. The van der Waals surface area contributed by atoms with Crippen molar-refractivity contribution < 1.29 is 5.11 Å². The number of phenols is 1. The van der Waals surface area contributed by atoms with Gasteiger partial charge in [0, 0.05) is 29.8 Å². The Bertz CT molecular complexity index is 1220. The Morgan fingerprint density at radius 2 is 1.71 bits per heavy atom. The number of benzene rings is 4. The average molecular weight is 429 g/mol. The maximum absolute atomic E-state index is 9.73. The van der Waals surface area contributed by atoms with Crippen LogP contribution in [0.4, 0.5) is 5.69 Å². The zero-order valence-corrected chi connectivity index (χ0v) is 18.2. The van der Waals surface area contributed by atoms with Gasteiger partial charge >= 0.3 is 0 Å². The largest absolute Gasteiger partial charge is 0.508 e. The molecule has 156 valence electrons. The van der Waals surface area contributed by atoms with E-state index < -0.39 is 0 Å². The summed E-state index contributed by atoms with van der Waals surface area (Å²) in [5.41, 5.74) is 4.74. The minimum atomic E-state index is 0.00547. The van der Waals surface area contributed by atoms with E-state index in [9.17, 15) is 5.11 Å². The Labute approximate surface area is 187 Å². The number of nitrogens with zero attached hydrogens (tertiary/aromatic N) is 1. The van der Waals surface area contributed by atoms with Crippen LogP contribution in [0.1, 0.15) is 29.7 Å². The molecule has 0 spiro atoms. The molecule has 1 heterocycles. The van der Waals surface area contributed by atoms with E-state index in [0.717, 1.165) is 29.2 Å². The topological polar surface area (TPSA) is 35.5 Å². The van der Waals surface area contributed by atoms with Crippen LogP contribution in [0.2, 0.25) is 5.02 Å². The summed E-state index contributed by atoms with van der Waals surface area (Å²) in [5, 5.41) is 16.7. The Hall–Kier alpha value is -3.01. The number of nitrogens with one attached hydrogen (secondary N) is 1. The lowest BCUT2D eigenvalue weighted by atomic mass is 9.96. The molecule has 5 rings (SSSR count). The lowest BCUT2D eigenvalue weighted by molar-refractivity contribution is 0.473. The first kappa shape index (κ1) is 19.9. The van der Waals surface area contributed by atoms with Gasteiger partial charge < -0.3 is 15.3 Å². The smallest absolute Gasteiger partial charge is 0.115 e. The van der Waals surface area contributed by atoms with Crippen LogP contribution in [0.5, 0.6) is 5.75 Å². The van der Waals surface area contributed by atoms with Crippen molar-refractivity contribution in [3.05, 3.63) is 107 Å². The second kappa shape index (κ2) is 8.26. The first-order chi connectivity index (χ1) is 15.1. The summed E-state index contributed by atoms with van der Waals surface area (Å²) >= 11 is 6.43. The molecule has 0 fully saturated rings. The highest BCUT2D eigenvalue weighted by Gasteiger charge is 2.27. The quantitative estimate of drug-likeness (QED) is 0.402. The van der Waals surface area contributed by atoms with Gasteiger partial charge in [0.25, 0.3) is 0 Å². The van der Waals surface area contributed by atoms with Crippen LogP contribution in [0.3, 0.4) is 0 Å². The predicted octanol–water partition coefficient (Wildman–Crippen LogP) is 6.29. The number of fused-ring (bicyclic) bond motifs is 2. The lowest BCUT2D eigenvalue weighted by Crippen LogP contribution is -2.37. The first-order valence-corrected chi connectivity index (χ1v) is 11.0. The van der Waals surface area contributed by atoms with Crippen LogP contribution in [0.25, 0.3) is 10.8 Å². The zero-order chi connectivity index (χ0) is 21.4. The van der Waals surface area contributed by atoms with Gasteiger partial charge in [-0.15, -0.1) is 0 Å². The highest BCUT2D eigenvalue weighted by Crippen LogP contribution is 2.37. The van der Waals surface area contributed by atoms with Crippen LogP contribution in [0.15, 0.2) is 84.9 Å². The van der Waals surface area contributed by atoms with Gasteiger partial charge in [0.05, 0.1) is 6.04 Å². The van der Waals surface area contributed by atoms with Crippen LogP contribution < -0.4 is 10.2 Å². The predicted molar refractivity (Wildman–Crippen MR) is 129 cm³/mol. The summed E-state index contributed by atoms with van der Waals surface area (Å²) in [6, 6.07) is 29.1. The molecule has 4 heteroatoms. The molecule has 0 amide bonds. The second-order valence-corrected chi connectivity index (χ2v) is 8.79. The molecule has 0 saturated heterocycles. The molecule has 0 bridgehead atoms.